The Balaban J connectivity index is 0.000000325. The molecule has 1 aromatic carbocycles. The van der Waals surface area contributed by atoms with Crippen LogP contribution in [-0.2, 0) is 26.3 Å². The van der Waals surface area contributed by atoms with Crippen LogP contribution in [-0.4, -0.2) is 65.6 Å². The summed E-state index contributed by atoms with van der Waals surface area (Å²) >= 11 is 0. The van der Waals surface area contributed by atoms with Crippen molar-refractivity contribution in [1.29, 1.82) is 0 Å². The molecule has 0 radical (unpaired) electrons. The standard InChI is InChI=1S/C19H21N3O4.C2HF3O2/c23-15-4-3-14(17(24)21-15)22-9-12-11(18(22)25)1-2-13-16(12)26-10-19(13)5-7-20-8-6-19;3-2(4,5)1(6)7/h1-2,14,20H,3-10H2,(H,21,23,24);(H,6,7). The van der Waals surface area contributed by atoms with E-state index in [4.69, 9.17) is 14.6 Å². The minimum absolute atomic E-state index is 0.0424. The molecule has 1 unspecified atom stereocenters. The molecule has 12 heteroatoms. The first kappa shape index (κ1) is 23.0. The third kappa shape index (κ3) is 4.14. The van der Waals surface area contributed by atoms with E-state index in [2.05, 4.69) is 10.6 Å². The molecular weight excluding hydrogens is 447 g/mol. The lowest BCUT2D eigenvalue weighted by molar-refractivity contribution is -0.192. The van der Waals surface area contributed by atoms with Crippen molar-refractivity contribution in [2.75, 3.05) is 19.7 Å². The van der Waals surface area contributed by atoms with Crippen LogP contribution in [0, 0.1) is 0 Å². The first-order valence-corrected chi connectivity index (χ1v) is 10.5. The number of nitrogens with zero attached hydrogens (tertiary/aromatic N) is 1. The fourth-order valence-corrected chi connectivity index (χ4v) is 4.80. The van der Waals surface area contributed by atoms with E-state index in [1.165, 1.54) is 5.56 Å². The van der Waals surface area contributed by atoms with E-state index >= 15 is 0 Å². The second-order valence-electron chi connectivity index (χ2n) is 8.49. The Kier molecular flexibility index (Phi) is 5.81. The number of rotatable bonds is 1. The quantitative estimate of drug-likeness (QED) is 0.526. The molecule has 9 nitrogen and oxygen atoms in total. The van der Waals surface area contributed by atoms with E-state index in [1.54, 1.807) is 4.90 Å². The molecule has 4 heterocycles. The number of hydrogen-bond acceptors (Lipinski definition) is 6. The highest BCUT2D eigenvalue weighted by atomic mass is 19.4. The highest BCUT2D eigenvalue weighted by molar-refractivity contribution is 6.05. The lowest BCUT2D eigenvalue weighted by Crippen LogP contribution is -2.52. The number of fused-ring (bicyclic) bond motifs is 4. The van der Waals surface area contributed by atoms with E-state index in [0.717, 1.165) is 37.2 Å². The predicted octanol–water partition coefficient (Wildman–Crippen LogP) is 1.09. The Bertz CT molecular complexity index is 1020. The highest BCUT2D eigenvalue weighted by Gasteiger charge is 2.46. The van der Waals surface area contributed by atoms with Crippen molar-refractivity contribution < 1.29 is 42.2 Å². The van der Waals surface area contributed by atoms with Crippen LogP contribution in [0.15, 0.2) is 12.1 Å². The summed E-state index contributed by atoms with van der Waals surface area (Å²) in [6.45, 7) is 2.98. The summed E-state index contributed by atoms with van der Waals surface area (Å²) in [7, 11) is 0. The maximum atomic E-state index is 12.9. The number of carboxylic acid groups (broad SMARTS) is 1. The molecule has 0 aliphatic carbocycles. The molecule has 2 fully saturated rings. The van der Waals surface area contributed by atoms with Crippen molar-refractivity contribution in [2.24, 2.45) is 0 Å². The van der Waals surface area contributed by atoms with E-state index < -0.39 is 18.2 Å². The van der Waals surface area contributed by atoms with Gasteiger partial charge in [-0.2, -0.15) is 13.2 Å². The van der Waals surface area contributed by atoms with Crippen molar-refractivity contribution in [2.45, 2.75) is 49.9 Å². The largest absolute Gasteiger partial charge is 0.492 e. The lowest BCUT2D eigenvalue weighted by atomic mass is 9.74. The van der Waals surface area contributed by atoms with Crippen molar-refractivity contribution >= 4 is 23.7 Å². The Morgan fingerprint density at radius 3 is 2.45 bits per heavy atom. The Labute approximate surface area is 186 Å². The zero-order valence-electron chi connectivity index (χ0n) is 17.5. The van der Waals surface area contributed by atoms with Gasteiger partial charge in [-0.05, 0) is 38.4 Å². The van der Waals surface area contributed by atoms with E-state index in [1.807, 2.05) is 12.1 Å². The molecule has 1 aromatic rings. The molecule has 33 heavy (non-hydrogen) atoms. The number of halogens is 3. The van der Waals surface area contributed by atoms with Gasteiger partial charge in [0.25, 0.3) is 5.91 Å². The Morgan fingerprint density at radius 1 is 1.18 bits per heavy atom. The van der Waals surface area contributed by atoms with Crippen molar-refractivity contribution in [3.63, 3.8) is 0 Å². The number of hydrogen-bond donors (Lipinski definition) is 3. The monoisotopic (exact) mass is 469 g/mol. The number of carbonyl (C=O) groups is 4. The first-order chi connectivity index (χ1) is 15.5. The molecule has 2 saturated heterocycles. The number of carbonyl (C=O) groups excluding carboxylic acids is 3. The average Bonchev–Trinajstić information content (AvgIpc) is 3.27. The second-order valence-corrected chi connectivity index (χ2v) is 8.49. The number of carboxylic acids is 1. The van der Waals surface area contributed by atoms with Gasteiger partial charge in [0.05, 0.1) is 13.2 Å². The molecule has 3 amide bonds. The van der Waals surface area contributed by atoms with Gasteiger partial charge >= 0.3 is 12.1 Å². The van der Waals surface area contributed by atoms with Gasteiger partial charge in [-0.3, -0.25) is 19.7 Å². The summed E-state index contributed by atoms with van der Waals surface area (Å²) < 4.78 is 37.8. The summed E-state index contributed by atoms with van der Waals surface area (Å²) in [6, 6.07) is 3.34. The minimum Gasteiger partial charge on any atom is -0.492 e. The van der Waals surface area contributed by atoms with Gasteiger partial charge in [-0.1, -0.05) is 6.07 Å². The van der Waals surface area contributed by atoms with Crippen LogP contribution < -0.4 is 15.4 Å². The van der Waals surface area contributed by atoms with E-state index in [9.17, 15) is 27.6 Å². The molecule has 178 valence electrons. The fourth-order valence-electron chi connectivity index (χ4n) is 4.80. The van der Waals surface area contributed by atoms with Crippen LogP contribution in [0.4, 0.5) is 13.2 Å². The van der Waals surface area contributed by atoms with Gasteiger partial charge in [0.1, 0.15) is 11.8 Å². The zero-order chi connectivity index (χ0) is 24.0. The number of imide groups is 1. The summed E-state index contributed by atoms with van der Waals surface area (Å²) in [5.41, 5.74) is 2.77. The third-order valence-corrected chi connectivity index (χ3v) is 6.53. The summed E-state index contributed by atoms with van der Waals surface area (Å²) in [4.78, 5) is 47.0. The minimum atomic E-state index is -5.08. The summed E-state index contributed by atoms with van der Waals surface area (Å²) in [5, 5.41) is 12.9. The first-order valence-electron chi connectivity index (χ1n) is 10.5. The summed E-state index contributed by atoms with van der Waals surface area (Å²) in [5.74, 6) is -2.71. The van der Waals surface area contributed by atoms with Crippen molar-refractivity contribution in [1.82, 2.24) is 15.5 Å². The van der Waals surface area contributed by atoms with E-state index in [0.29, 0.717) is 25.1 Å². The van der Waals surface area contributed by atoms with Crippen molar-refractivity contribution in [3.05, 3.63) is 28.8 Å². The van der Waals surface area contributed by atoms with E-state index in [-0.39, 0.29) is 29.6 Å². The number of piperidine rings is 2. The van der Waals surface area contributed by atoms with Crippen LogP contribution in [0.3, 0.4) is 0 Å². The zero-order valence-corrected chi connectivity index (χ0v) is 17.5. The predicted molar refractivity (Wildman–Crippen MR) is 105 cm³/mol. The third-order valence-electron chi connectivity index (χ3n) is 6.53. The molecule has 0 saturated carbocycles. The number of benzene rings is 1. The molecule has 0 bridgehead atoms. The second kappa shape index (κ2) is 8.32. The maximum Gasteiger partial charge on any atom is 0.490 e. The van der Waals surface area contributed by atoms with Crippen LogP contribution in [0.1, 0.15) is 47.2 Å². The molecule has 3 N–H and O–H groups in total. The topological polar surface area (TPSA) is 125 Å². The number of nitrogens with one attached hydrogen (secondary N) is 2. The van der Waals surface area contributed by atoms with Crippen LogP contribution in [0.5, 0.6) is 5.75 Å². The number of ether oxygens (including phenoxy) is 1. The SMILES string of the molecule is O=C(O)C(F)(F)F.O=C1CCC(N2Cc3c(ccc4c3OCC43CCNCC3)C2=O)C(=O)N1. The molecular formula is C21H22F3N3O6. The van der Waals surface area contributed by atoms with Crippen LogP contribution in [0.2, 0.25) is 0 Å². The Hall–Kier alpha value is -3.15. The fraction of sp³-hybridized carbons (Fsp3) is 0.524. The van der Waals surface area contributed by atoms with Crippen molar-refractivity contribution in [3.8, 4) is 5.75 Å². The highest BCUT2D eigenvalue weighted by Crippen LogP contribution is 2.48. The smallest absolute Gasteiger partial charge is 0.490 e. The molecule has 4 aliphatic rings. The molecule has 5 rings (SSSR count). The van der Waals surface area contributed by atoms with Crippen LogP contribution >= 0.6 is 0 Å². The van der Waals surface area contributed by atoms with Crippen LogP contribution in [0.25, 0.3) is 0 Å². The molecule has 1 spiro atoms. The lowest BCUT2D eigenvalue weighted by Gasteiger charge is -2.32. The number of aliphatic carboxylic acids is 1. The Morgan fingerprint density at radius 2 is 1.85 bits per heavy atom. The number of amides is 3. The van der Waals surface area contributed by atoms with Gasteiger partial charge in [0.15, 0.2) is 0 Å². The van der Waals surface area contributed by atoms with Gasteiger partial charge < -0.3 is 20.1 Å². The van der Waals surface area contributed by atoms with Gasteiger partial charge in [-0.25, -0.2) is 4.79 Å². The van der Waals surface area contributed by atoms with Gasteiger partial charge in [0, 0.05) is 28.5 Å². The van der Waals surface area contributed by atoms with Gasteiger partial charge in [0.2, 0.25) is 11.8 Å². The average molecular weight is 469 g/mol. The number of alkyl halides is 3. The van der Waals surface area contributed by atoms with Gasteiger partial charge in [-0.15, -0.1) is 0 Å². The maximum absolute atomic E-state index is 12.9. The molecule has 4 aliphatic heterocycles. The molecule has 0 aromatic heterocycles. The molecule has 1 atom stereocenters. The normalized spacial score (nSPS) is 23.3. The summed E-state index contributed by atoms with van der Waals surface area (Å²) in [6.07, 6.45) is -2.38.